The highest BCUT2D eigenvalue weighted by atomic mass is 19.3. The van der Waals surface area contributed by atoms with Crippen molar-refractivity contribution >= 4 is 12.1 Å². The molecule has 3 aromatic heterocycles. The molecule has 1 unspecified atom stereocenters. The molecule has 0 spiro atoms. The Bertz CT molecular complexity index is 1870. The van der Waals surface area contributed by atoms with Gasteiger partial charge in [0.2, 0.25) is 5.91 Å². The van der Waals surface area contributed by atoms with Crippen molar-refractivity contribution in [1.82, 2.24) is 25.1 Å². The maximum absolute atomic E-state index is 15.2. The van der Waals surface area contributed by atoms with E-state index in [1.54, 1.807) is 18.6 Å². The molecule has 7 rings (SSSR count). The van der Waals surface area contributed by atoms with Crippen LogP contribution < -0.4 is 5.32 Å². The van der Waals surface area contributed by atoms with Crippen LogP contribution in [0.25, 0.3) is 11.1 Å². The van der Waals surface area contributed by atoms with E-state index in [1.165, 1.54) is 0 Å². The maximum Gasteiger partial charge on any atom is 0.293 e. The molecule has 13 heteroatoms. The number of pyridine rings is 2. The number of aliphatic imine (C=N–C) groups is 1. The van der Waals surface area contributed by atoms with Gasteiger partial charge >= 0.3 is 0 Å². The molecule has 3 aliphatic rings. The first-order valence-electron chi connectivity index (χ1n) is 14.9. The highest BCUT2D eigenvalue weighted by molar-refractivity contribution is 5.95. The van der Waals surface area contributed by atoms with Crippen molar-refractivity contribution in [1.29, 1.82) is 0 Å². The molecule has 238 valence electrons. The predicted molar refractivity (Wildman–Crippen MR) is 156 cm³/mol. The fraction of sp³-hybridized carbons (Fsp3) is 0.364. The third kappa shape index (κ3) is 5.15. The van der Waals surface area contributed by atoms with Gasteiger partial charge in [-0.1, -0.05) is 19.9 Å². The van der Waals surface area contributed by atoms with Crippen LogP contribution in [0.3, 0.4) is 0 Å². The van der Waals surface area contributed by atoms with Crippen molar-refractivity contribution in [3.63, 3.8) is 0 Å². The Hall–Kier alpha value is -4.55. The van der Waals surface area contributed by atoms with E-state index in [1.807, 2.05) is 26.0 Å². The number of halogens is 6. The van der Waals surface area contributed by atoms with E-state index in [0.717, 1.165) is 35.0 Å². The average molecular weight is 639 g/mol. The summed E-state index contributed by atoms with van der Waals surface area (Å²) < 4.78 is 87.1. The molecule has 4 aromatic rings. The molecule has 1 aliphatic heterocycles. The van der Waals surface area contributed by atoms with E-state index in [-0.39, 0.29) is 29.9 Å². The predicted octanol–water partition coefficient (Wildman–Crippen LogP) is 6.92. The number of hydrogen-bond acceptors (Lipinski definition) is 5. The van der Waals surface area contributed by atoms with Gasteiger partial charge in [-0.05, 0) is 48.4 Å². The minimum Gasteiger partial charge on any atom is -0.346 e. The number of nitrogens with one attached hydrogen (secondary N) is 1. The van der Waals surface area contributed by atoms with Crippen molar-refractivity contribution in [2.75, 3.05) is 0 Å². The quantitative estimate of drug-likeness (QED) is 0.202. The van der Waals surface area contributed by atoms with Gasteiger partial charge in [0.05, 0.1) is 18.3 Å². The van der Waals surface area contributed by atoms with E-state index < -0.39 is 65.7 Å². The second kappa shape index (κ2) is 11.1. The number of carbonyl (C=O) groups is 1. The van der Waals surface area contributed by atoms with Crippen LogP contribution in [0.5, 0.6) is 0 Å². The van der Waals surface area contributed by atoms with Crippen LogP contribution in [-0.2, 0) is 30.2 Å². The molecule has 0 bridgehead atoms. The van der Waals surface area contributed by atoms with Gasteiger partial charge in [0, 0.05) is 64.1 Å². The van der Waals surface area contributed by atoms with Gasteiger partial charge in [-0.3, -0.25) is 24.4 Å². The molecule has 1 N–H and O–H groups in total. The Morgan fingerprint density at radius 2 is 1.83 bits per heavy atom. The van der Waals surface area contributed by atoms with Crippen LogP contribution in [0.4, 0.5) is 26.3 Å². The smallest absolute Gasteiger partial charge is 0.293 e. The molecule has 1 fully saturated rings. The third-order valence-electron chi connectivity index (χ3n) is 8.87. The van der Waals surface area contributed by atoms with Crippen LogP contribution in [-0.4, -0.2) is 31.9 Å². The second-order valence-electron chi connectivity index (χ2n) is 12.3. The van der Waals surface area contributed by atoms with Crippen molar-refractivity contribution in [3.05, 3.63) is 99.4 Å². The van der Waals surface area contributed by atoms with Gasteiger partial charge < -0.3 is 5.32 Å². The number of rotatable bonds is 9. The summed E-state index contributed by atoms with van der Waals surface area (Å²) in [6.45, 7) is 3.62. The summed E-state index contributed by atoms with van der Waals surface area (Å²) in [5, 5.41) is 6.53. The number of aromatic nitrogens is 4. The number of alkyl halides is 4. The van der Waals surface area contributed by atoms with Crippen LogP contribution in [0.15, 0.2) is 47.7 Å². The SMILES string of the molecule is CC(C)c1ccc(-c2c(C(Cc3cc(F)cc(F)c3)NC(=O)Cn3nc(C(F)F)c4c3C(F)(F)[C@@H]3C[C@H]43)ncc3c2C=NC3)cn1. The lowest BCUT2D eigenvalue weighted by atomic mass is 9.91. The van der Waals surface area contributed by atoms with Crippen molar-refractivity contribution in [3.8, 4) is 11.1 Å². The maximum atomic E-state index is 15.2. The standard InChI is InChI=1S/C33H28F6N6O/c1-15(2)24-4-3-17(11-41-24)27-22-13-40-10-18(22)12-42-29(27)25(7-16-5-19(34)8-20(35)6-16)43-26(46)14-45-31-28(30(44-45)32(36)37)21-9-23(21)33(31,38)39/h3-6,8,11-13,15,21,23,25,32H,7,9-10,14H2,1-2H3,(H,43,46)/t21-,23+,25?/m0/s1. The molecule has 4 heterocycles. The van der Waals surface area contributed by atoms with Crippen molar-refractivity contribution in [2.45, 2.75) is 70.0 Å². The molecule has 2 aliphatic carbocycles. The third-order valence-corrected chi connectivity index (χ3v) is 8.87. The Balaban J connectivity index is 1.29. The zero-order chi connectivity index (χ0) is 32.5. The minimum atomic E-state index is -3.40. The van der Waals surface area contributed by atoms with Crippen molar-refractivity contribution < 1.29 is 31.1 Å². The summed E-state index contributed by atoms with van der Waals surface area (Å²) in [4.78, 5) is 27.2. The highest BCUT2D eigenvalue weighted by Crippen LogP contribution is 2.68. The Labute approximate surface area is 259 Å². The lowest BCUT2D eigenvalue weighted by Crippen LogP contribution is -2.35. The summed E-state index contributed by atoms with van der Waals surface area (Å²) in [5.41, 5.74) is 2.61. The Kier molecular flexibility index (Phi) is 7.24. The topological polar surface area (TPSA) is 85.1 Å². The van der Waals surface area contributed by atoms with E-state index in [0.29, 0.717) is 28.0 Å². The summed E-state index contributed by atoms with van der Waals surface area (Å²) in [7, 11) is 0. The van der Waals surface area contributed by atoms with E-state index in [9.17, 15) is 22.4 Å². The molecule has 0 saturated heterocycles. The molecule has 0 radical (unpaired) electrons. The molecule has 1 saturated carbocycles. The number of amides is 1. The molecular formula is C33H28F6N6O. The molecular weight excluding hydrogens is 610 g/mol. The van der Waals surface area contributed by atoms with Gasteiger partial charge in [-0.15, -0.1) is 0 Å². The summed E-state index contributed by atoms with van der Waals surface area (Å²) in [6, 6.07) is 5.67. The first kappa shape index (κ1) is 30.1. The molecule has 1 amide bonds. The van der Waals surface area contributed by atoms with Crippen LogP contribution in [0, 0.1) is 17.6 Å². The van der Waals surface area contributed by atoms with Crippen LogP contribution >= 0.6 is 0 Å². The van der Waals surface area contributed by atoms with E-state index in [4.69, 9.17) is 0 Å². The summed E-state index contributed by atoms with van der Waals surface area (Å²) in [6.07, 6.45) is 1.83. The monoisotopic (exact) mass is 638 g/mol. The molecule has 7 nitrogen and oxygen atoms in total. The lowest BCUT2D eigenvalue weighted by Gasteiger charge is -2.24. The van der Waals surface area contributed by atoms with Crippen LogP contribution in [0.2, 0.25) is 0 Å². The Morgan fingerprint density at radius 3 is 2.50 bits per heavy atom. The minimum absolute atomic E-state index is 0.0902. The number of fused-ring (bicyclic) bond motifs is 4. The first-order valence-corrected chi connectivity index (χ1v) is 14.9. The molecule has 1 aromatic carbocycles. The van der Waals surface area contributed by atoms with Gasteiger partial charge in [0.1, 0.15) is 29.6 Å². The molecule has 3 atom stereocenters. The normalized spacial score (nSPS) is 19.3. The highest BCUT2D eigenvalue weighted by Gasteiger charge is 2.67. The Morgan fingerprint density at radius 1 is 1.07 bits per heavy atom. The summed E-state index contributed by atoms with van der Waals surface area (Å²) in [5.74, 6) is -7.50. The van der Waals surface area contributed by atoms with E-state index >= 15 is 8.78 Å². The van der Waals surface area contributed by atoms with Crippen LogP contribution in [0.1, 0.15) is 89.6 Å². The number of benzene rings is 1. The van der Waals surface area contributed by atoms with Crippen molar-refractivity contribution in [2.24, 2.45) is 10.9 Å². The van der Waals surface area contributed by atoms with E-state index in [2.05, 4.69) is 25.4 Å². The van der Waals surface area contributed by atoms with Gasteiger partial charge in [0.25, 0.3) is 12.3 Å². The largest absolute Gasteiger partial charge is 0.346 e. The zero-order valence-electron chi connectivity index (χ0n) is 24.7. The van der Waals surface area contributed by atoms with Gasteiger partial charge in [-0.25, -0.2) is 17.6 Å². The fourth-order valence-electron chi connectivity index (χ4n) is 6.69. The number of carbonyl (C=O) groups excluding carboxylic acids is 1. The second-order valence-corrected chi connectivity index (χ2v) is 12.3. The van der Waals surface area contributed by atoms with Gasteiger partial charge in [0.15, 0.2) is 0 Å². The van der Waals surface area contributed by atoms with Gasteiger partial charge in [-0.2, -0.15) is 13.9 Å². The first-order chi connectivity index (χ1) is 21.9. The fourth-order valence-corrected chi connectivity index (χ4v) is 6.69. The summed E-state index contributed by atoms with van der Waals surface area (Å²) >= 11 is 0. The molecule has 46 heavy (non-hydrogen) atoms. The number of nitrogens with zero attached hydrogens (tertiary/aromatic N) is 5. The average Bonchev–Trinajstić information content (AvgIpc) is 3.38. The lowest BCUT2D eigenvalue weighted by molar-refractivity contribution is -0.123. The zero-order valence-corrected chi connectivity index (χ0v) is 24.7. The number of hydrogen-bond donors (Lipinski definition) is 1.